The predicted octanol–water partition coefficient (Wildman–Crippen LogP) is 3.92. The molecule has 2 aromatic carbocycles. The highest BCUT2D eigenvalue weighted by molar-refractivity contribution is 5.68. The van der Waals surface area contributed by atoms with Crippen LogP contribution in [0.1, 0.15) is 17.2 Å². The summed E-state index contributed by atoms with van der Waals surface area (Å²) in [5.41, 5.74) is 0.461. The number of hydrogen-bond donors (Lipinski definition) is 2. The minimum Gasteiger partial charge on any atom is -0.508 e. The van der Waals surface area contributed by atoms with Gasteiger partial charge < -0.3 is 15.2 Å². The number of phenolic OH excluding ortho intramolecular Hbond substituents is 1. The number of aromatic hydroxyl groups is 1. The van der Waals surface area contributed by atoms with Gasteiger partial charge in [-0.25, -0.2) is 4.79 Å². The molecule has 0 saturated carbocycles. The molecule has 0 aromatic heterocycles. The van der Waals surface area contributed by atoms with Crippen molar-refractivity contribution in [3.63, 3.8) is 0 Å². The zero-order chi connectivity index (χ0) is 16.9. The first-order valence-corrected chi connectivity index (χ1v) is 6.69. The molecule has 0 unspecified atom stereocenters. The number of halogens is 3. The Morgan fingerprint density at radius 1 is 1.09 bits per heavy atom. The van der Waals surface area contributed by atoms with Crippen LogP contribution in [0.15, 0.2) is 54.6 Å². The van der Waals surface area contributed by atoms with Crippen molar-refractivity contribution < 1.29 is 27.8 Å². The molecule has 0 saturated heterocycles. The summed E-state index contributed by atoms with van der Waals surface area (Å²) in [5, 5.41) is 10.9. The smallest absolute Gasteiger partial charge is 0.412 e. The Balaban J connectivity index is 2.03. The maximum atomic E-state index is 13.1. The maximum absolute atomic E-state index is 13.1. The number of alkyl carbamates (subject to hydrolysis) is 1. The van der Waals surface area contributed by atoms with Crippen LogP contribution < -0.4 is 5.32 Å². The number of phenols is 1. The highest BCUT2D eigenvalue weighted by Crippen LogP contribution is 2.33. The van der Waals surface area contributed by atoms with Crippen molar-refractivity contribution in [1.82, 2.24) is 5.32 Å². The number of carbonyl (C=O) groups excluding carboxylic acids is 1. The lowest BCUT2D eigenvalue weighted by Crippen LogP contribution is -2.38. The van der Waals surface area contributed by atoms with Crippen LogP contribution in [0, 0.1) is 0 Å². The van der Waals surface area contributed by atoms with Crippen LogP contribution in [0.3, 0.4) is 0 Å². The highest BCUT2D eigenvalue weighted by Gasteiger charge is 2.42. The molecule has 0 fully saturated rings. The van der Waals surface area contributed by atoms with E-state index in [1.807, 2.05) is 0 Å². The van der Waals surface area contributed by atoms with Gasteiger partial charge in [-0.2, -0.15) is 13.2 Å². The average molecular weight is 325 g/mol. The quantitative estimate of drug-likeness (QED) is 0.896. The van der Waals surface area contributed by atoms with Crippen LogP contribution in [-0.4, -0.2) is 17.4 Å². The van der Waals surface area contributed by atoms with E-state index in [1.165, 1.54) is 0 Å². The number of rotatable bonds is 4. The van der Waals surface area contributed by atoms with E-state index in [1.54, 1.807) is 35.6 Å². The van der Waals surface area contributed by atoms with E-state index in [9.17, 15) is 18.0 Å². The lowest BCUT2D eigenvalue weighted by Gasteiger charge is -2.21. The molecule has 2 rings (SSSR count). The van der Waals surface area contributed by atoms with Gasteiger partial charge in [0, 0.05) is 0 Å². The molecular formula is C16H14F3NO3. The second-order valence-electron chi connectivity index (χ2n) is 4.77. The molecule has 1 atom stereocenters. The first-order valence-electron chi connectivity index (χ1n) is 6.69. The van der Waals surface area contributed by atoms with Gasteiger partial charge in [-0.3, -0.25) is 0 Å². The minimum atomic E-state index is -4.69. The third kappa shape index (κ3) is 4.91. The molecule has 0 spiro atoms. The maximum Gasteiger partial charge on any atom is 0.412 e. The standard InChI is InChI=1S/C16H14F3NO3/c17-16(18,19)14(12-6-8-13(21)9-7-12)20-15(22)23-10-11-4-2-1-3-5-11/h1-9,14,21H,10H2,(H,20,22)/t14-/m1/s1. The van der Waals surface area contributed by atoms with Gasteiger partial charge in [0.25, 0.3) is 0 Å². The molecule has 0 heterocycles. The van der Waals surface area contributed by atoms with Crippen LogP contribution in [0.25, 0.3) is 0 Å². The van der Waals surface area contributed by atoms with Crippen LogP contribution in [0.2, 0.25) is 0 Å². The summed E-state index contributed by atoms with van der Waals surface area (Å²) >= 11 is 0. The van der Waals surface area contributed by atoms with Gasteiger partial charge in [0.15, 0.2) is 6.04 Å². The molecular weight excluding hydrogens is 311 g/mol. The molecule has 1 amide bonds. The van der Waals surface area contributed by atoms with Crippen molar-refractivity contribution in [2.24, 2.45) is 0 Å². The predicted molar refractivity (Wildman–Crippen MR) is 76.7 cm³/mol. The molecule has 0 radical (unpaired) electrons. The fourth-order valence-electron chi connectivity index (χ4n) is 1.90. The normalized spacial score (nSPS) is 12.5. The number of hydrogen-bond acceptors (Lipinski definition) is 3. The lowest BCUT2D eigenvalue weighted by atomic mass is 10.1. The number of alkyl halides is 3. The van der Waals surface area contributed by atoms with Gasteiger partial charge in [0.2, 0.25) is 0 Å². The molecule has 2 N–H and O–H groups in total. The molecule has 0 aliphatic heterocycles. The highest BCUT2D eigenvalue weighted by atomic mass is 19.4. The van der Waals surface area contributed by atoms with Crippen LogP contribution in [-0.2, 0) is 11.3 Å². The SMILES string of the molecule is O=C(N[C@H](c1ccc(O)cc1)C(F)(F)F)OCc1ccccc1. The second kappa shape index (κ2) is 7.04. The molecule has 0 aliphatic carbocycles. The summed E-state index contributed by atoms with van der Waals surface area (Å²) in [6.07, 6.45) is -5.87. The Morgan fingerprint density at radius 3 is 2.26 bits per heavy atom. The first-order chi connectivity index (χ1) is 10.9. The molecule has 0 bridgehead atoms. The summed E-state index contributed by atoms with van der Waals surface area (Å²) in [6, 6.07) is 10.8. The lowest BCUT2D eigenvalue weighted by molar-refractivity contribution is -0.156. The Bertz CT molecular complexity index is 642. The number of nitrogens with one attached hydrogen (secondary N) is 1. The zero-order valence-electron chi connectivity index (χ0n) is 11.9. The third-order valence-corrected chi connectivity index (χ3v) is 3.03. The molecule has 2 aromatic rings. The van der Waals surface area contributed by atoms with Crippen molar-refractivity contribution in [2.45, 2.75) is 18.8 Å². The average Bonchev–Trinajstić information content (AvgIpc) is 2.52. The first kappa shape index (κ1) is 16.7. The molecule has 23 heavy (non-hydrogen) atoms. The van der Waals surface area contributed by atoms with Crippen molar-refractivity contribution in [1.29, 1.82) is 0 Å². The molecule has 7 heteroatoms. The van der Waals surface area contributed by atoms with Gasteiger partial charge in [0.1, 0.15) is 12.4 Å². The van der Waals surface area contributed by atoms with Crippen molar-refractivity contribution in [2.75, 3.05) is 0 Å². The Kier molecular flexibility index (Phi) is 5.10. The largest absolute Gasteiger partial charge is 0.508 e. The third-order valence-electron chi connectivity index (χ3n) is 3.03. The molecule has 4 nitrogen and oxygen atoms in total. The van der Waals surface area contributed by atoms with E-state index in [0.29, 0.717) is 5.56 Å². The summed E-state index contributed by atoms with van der Waals surface area (Å²) in [7, 11) is 0. The van der Waals surface area contributed by atoms with Gasteiger partial charge in [0.05, 0.1) is 0 Å². The van der Waals surface area contributed by atoms with Gasteiger partial charge in [-0.1, -0.05) is 42.5 Å². The summed E-state index contributed by atoms with van der Waals surface area (Å²) in [5.74, 6) is -0.165. The van der Waals surface area contributed by atoms with Gasteiger partial charge in [-0.05, 0) is 23.3 Å². The Hall–Kier alpha value is -2.70. The van der Waals surface area contributed by atoms with Crippen molar-refractivity contribution in [3.05, 3.63) is 65.7 Å². The Morgan fingerprint density at radius 2 is 1.70 bits per heavy atom. The van der Waals surface area contributed by atoms with Crippen LogP contribution in [0.4, 0.5) is 18.0 Å². The number of ether oxygens (including phenoxy) is 1. The summed E-state index contributed by atoms with van der Waals surface area (Å²) in [4.78, 5) is 11.6. The van der Waals surface area contributed by atoms with E-state index in [0.717, 1.165) is 24.3 Å². The van der Waals surface area contributed by atoms with Gasteiger partial charge in [-0.15, -0.1) is 0 Å². The fraction of sp³-hybridized carbons (Fsp3) is 0.188. The topological polar surface area (TPSA) is 58.6 Å². The van der Waals surface area contributed by atoms with E-state index >= 15 is 0 Å². The fourth-order valence-corrected chi connectivity index (χ4v) is 1.90. The number of amides is 1. The van der Waals surface area contributed by atoms with E-state index in [-0.39, 0.29) is 17.9 Å². The minimum absolute atomic E-state index is 0.132. The number of carbonyl (C=O) groups is 1. The van der Waals surface area contributed by atoms with Crippen LogP contribution >= 0.6 is 0 Å². The van der Waals surface area contributed by atoms with Crippen molar-refractivity contribution in [3.8, 4) is 5.75 Å². The second-order valence-corrected chi connectivity index (χ2v) is 4.77. The van der Waals surface area contributed by atoms with Crippen molar-refractivity contribution >= 4 is 6.09 Å². The molecule has 122 valence electrons. The summed E-state index contributed by atoms with van der Waals surface area (Å²) < 4.78 is 44.1. The monoisotopic (exact) mass is 325 g/mol. The van der Waals surface area contributed by atoms with Gasteiger partial charge >= 0.3 is 12.3 Å². The molecule has 0 aliphatic rings. The zero-order valence-corrected chi connectivity index (χ0v) is 11.9. The van der Waals surface area contributed by atoms with E-state index in [2.05, 4.69) is 0 Å². The van der Waals surface area contributed by atoms with Crippen LogP contribution in [0.5, 0.6) is 5.75 Å². The summed E-state index contributed by atoms with van der Waals surface area (Å²) in [6.45, 7) is -0.132. The Labute approximate surface area is 130 Å². The number of benzene rings is 2. The van der Waals surface area contributed by atoms with E-state index < -0.39 is 18.3 Å². The van der Waals surface area contributed by atoms with E-state index in [4.69, 9.17) is 9.84 Å².